The third-order valence-electron chi connectivity index (χ3n) is 3.00. The highest BCUT2D eigenvalue weighted by molar-refractivity contribution is 5.79. The van der Waals surface area contributed by atoms with Gasteiger partial charge in [-0.2, -0.15) is 0 Å². The fraction of sp³-hybridized carbons (Fsp3) is 0.429. The molecule has 0 radical (unpaired) electrons. The second-order valence-electron chi connectivity index (χ2n) is 4.52. The van der Waals surface area contributed by atoms with Crippen LogP contribution < -0.4 is 5.73 Å². The van der Waals surface area contributed by atoms with Gasteiger partial charge in [0.2, 0.25) is 5.95 Å². The van der Waals surface area contributed by atoms with Crippen LogP contribution in [0.15, 0.2) is 18.2 Å². The summed E-state index contributed by atoms with van der Waals surface area (Å²) in [7, 11) is 0. The van der Waals surface area contributed by atoms with Gasteiger partial charge in [-0.05, 0) is 38.0 Å². The number of esters is 1. The van der Waals surface area contributed by atoms with E-state index in [2.05, 4.69) is 4.98 Å². The summed E-state index contributed by atoms with van der Waals surface area (Å²) in [4.78, 5) is 15.6. The molecule has 0 atom stereocenters. The first-order valence-corrected chi connectivity index (χ1v) is 6.49. The average molecular weight is 261 g/mol. The standard InChI is InChI=1S/C14H19N3O2/c1-3-19-13(18)5-4-8-17-12-7-6-10(2)9-11(12)16-14(17)15/h6-7,9H,3-5,8H2,1-2H3,(H2,15,16). The molecule has 0 aliphatic rings. The molecule has 2 N–H and O–H groups in total. The average Bonchev–Trinajstić information content (AvgIpc) is 2.65. The maximum absolute atomic E-state index is 11.3. The monoisotopic (exact) mass is 261 g/mol. The fourth-order valence-corrected chi connectivity index (χ4v) is 2.11. The SMILES string of the molecule is CCOC(=O)CCCn1c(N)nc2cc(C)ccc21. The minimum absolute atomic E-state index is 0.165. The van der Waals surface area contributed by atoms with Crippen molar-refractivity contribution in [1.82, 2.24) is 9.55 Å². The number of ether oxygens (including phenoxy) is 1. The lowest BCUT2D eigenvalue weighted by molar-refractivity contribution is -0.143. The highest BCUT2D eigenvalue weighted by Crippen LogP contribution is 2.19. The lowest BCUT2D eigenvalue weighted by atomic mass is 10.2. The predicted octanol–water partition coefficient (Wildman–Crippen LogP) is 2.27. The Morgan fingerprint density at radius 2 is 2.26 bits per heavy atom. The van der Waals surface area contributed by atoms with Gasteiger partial charge < -0.3 is 15.0 Å². The number of benzene rings is 1. The number of rotatable bonds is 5. The van der Waals surface area contributed by atoms with Crippen molar-refractivity contribution in [3.05, 3.63) is 23.8 Å². The zero-order valence-corrected chi connectivity index (χ0v) is 11.3. The van der Waals surface area contributed by atoms with E-state index in [1.807, 2.05) is 36.6 Å². The van der Waals surface area contributed by atoms with Gasteiger partial charge >= 0.3 is 5.97 Å². The molecule has 0 spiro atoms. The third-order valence-corrected chi connectivity index (χ3v) is 3.00. The van der Waals surface area contributed by atoms with Crippen LogP contribution >= 0.6 is 0 Å². The molecule has 19 heavy (non-hydrogen) atoms. The number of carbonyl (C=O) groups excluding carboxylic acids is 1. The van der Waals surface area contributed by atoms with Gasteiger partial charge in [-0.15, -0.1) is 0 Å². The van der Waals surface area contributed by atoms with Crippen LogP contribution in [0.25, 0.3) is 11.0 Å². The molecule has 0 aliphatic heterocycles. The molecule has 1 aromatic carbocycles. The smallest absolute Gasteiger partial charge is 0.305 e. The molecule has 0 aliphatic carbocycles. The van der Waals surface area contributed by atoms with E-state index in [0.29, 0.717) is 31.9 Å². The maximum Gasteiger partial charge on any atom is 0.305 e. The number of nitrogens with two attached hydrogens (primary N) is 1. The second kappa shape index (κ2) is 5.73. The number of hydrogen-bond donors (Lipinski definition) is 1. The molecule has 2 aromatic rings. The highest BCUT2D eigenvalue weighted by Gasteiger charge is 2.09. The van der Waals surface area contributed by atoms with Crippen LogP contribution in [0, 0.1) is 6.92 Å². The first-order chi connectivity index (χ1) is 9.11. The van der Waals surface area contributed by atoms with E-state index in [-0.39, 0.29) is 5.97 Å². The van der Waals surface area contributed by atoms with Crippen LogP contribution in [0.3, 0.4) is 0 Å². The first-order valence-electron chi connectivity index (χ1n) is 6.49. The molecule has 0 amide bonds. The Labute approximate surface area is 112 Å². The molecule has 1 aromatic heterocycles. The Kier molecular flexibility index (Phi) is 4.04. The van der Waals surface area contributed by atoms with Gasteiger partial charge in [0.1, 0.15) is 0 Å². The first kappa shape index (κ1) is 13.4. The Hall–Kier alpha value is -2.04. The molecule has 2 rings (SSSR count). The molecule has 0 unspecified atom stereocenters. The quantitative estimate of drug-likeness (QED) is 0.838. The molecule has 0 fully saturated rings. The Morgan fingerprint density at radius 3 is 3.00 bits per heavy atom. The molecule has 1 heterocycles. The lowest BCUT2D eigenvalue weighted by Gasteiger charge is -2.06. The van der Waals surface area contributed by atoms with Crippen LogP contribution in [0.4, 0.5) is 5.95 Å². The van der Waals surface area contributed by atoms with Gasteiger partial charge in [0.15, 0.2) is 0 Å². The molecular weight excluding hydrogens is 242 g/mol. The van der Waals surface area contributed by atoms with Crippen LogP contribution in [-0.2, 0) is 16.1 Å². The minimum atomic E-state index is -0.165. The van der Waals surface area contributed by atoms with E-state index in [0.717, 1.165) is 16.6 Å². The summed E-state index contributed by atoms with van der Waals surface area (Å²) in [5.41, 5.74) is 8.97. The highest BCUT2D eigenvalue weighted by atomic mass is 16.5. The summed E-state index contributed by atoms with van der Waals surface area (Å²) in [5, 5.41) is 0. The maximum atomic E-state index is 11.3. The zero-order chi connectivity index (χ0) is 13.8. The molecule has 5 nitrogen and oxygen atoms in total. The van der Waals surface area contributed by atoms with Crippen molar-refractivity contribution in [2.75, 3.05) is 12.3 Å². The van der Waals surface area contributed by atoms with Gasteiger partial charge in [-0.1, -0.05) is 6.07 Å². The predicted molar refractivity (Wildman–Crippen MR) is 74.7 cm³/mol. The van der Waals surface area contributed by atoms with Gasteiger partial charge in [-0.3, -0.25) is 4.79 Å². The number of carbonyl (C=O) groups is 1. The van der Waals surface area contributed by atoms with Gasteiger partial charge in [0.05, 0.1) is 17.6 Å². The van der Waals surface area contributed by atoms with E-state index >= 15 is 0 Å². The molecule has 102 valence electrons. The number of fused-ring (bicyclic) bond motifs is 1. The van der Waals surface area contributed by atoms with Crippen LogP contribution in [-0.4, -0.2) is 22.1 Å². The van der Waals surface area contributed by atoms with Crippen LogP contribution in [0.1, 0.15) is 25.3 Å². The summed E-state index contributed by atoms with van der Waals surface area (Å²) in [6.07, 6.45) is 1.10. The minimum Gasteiger partial charge on any atom is -0.466 e. The number of hydrogen-bond acceptors (Lipinski definition) is 4. The number of nitrogens with zero attached hydrogens (tertiary/aromatic N) is 2. The van der Waals surface area contributed by atoms with Gasteiger partial charge in [-0.25, -0.2) is 4.98 Å². The Bertz CT molecular complexity index is 590. The summed E-state index contributed by atoms with van der Waals surface area (Å²) < 4.78 is 6.84. The molecule has 0 bridgehead atoms. The normalized spacial score (nSPS) is 10.8. The van der Waals surface area contributed by atoms with Gasteiger partial charge in [0.25, 0.3) is 0 Å². The van der Waals surface area contributed by atoms with Crippen molar-refractivity contribution in [2.24, 2.45) is 0 Å². The fourth-order valence-electron chi connectivity index (χ4n) is 2.11. The van der Waals surface area contributed by atoms with Crippen molar-refractivity contribution >= 4 is 23.0 Å². The Morgan fingerprint density at radius 1 is 1.47 bits per heavy atom. The van der Waals surface area contributed by atoms with Crippen LogP contribution in [0.5, 0.6) is 0 Å². The van der Waals surface area contributed by atoms with E-state index in [1.54, 1.807) is 0 Å². The topological polar surface area (TPSA) is 70.1 Å². The molecule has 0 saturated heterocycles. The largest absolute Gasteiger partial charge is 0.466 e. The number of aryl methyl sites for hydroxylation is 2. The van der Waals surface area contributed by atoms with Crippen molar-refractivity contribution in [2.45, 2.75) is 33.2 Å². The van der Waals surface area contributed by atoms with Crippen LogP contribution in [0.2, 0.25) is 0 Å². The van der Waals surface area contributed by atoms with Crippen molar-refractivity contribution < 1.29 is 9.53 Å². The molecule has 0 saturated carbocycles. The van der Waals surface area contributed by atoms with Crippen molar-refractivity contribution in [1.29, 1.82) is 0 Å². The van der Waals surface area contributed by atoms with Crippen molar-refractivity contribution in [3.8, 4) is 0 Å². The Balaban J connectivity index is 2.08. The van der Waals surface area contributed by atoms with E-state index in [1.165, 1.54) is 0 Å². The molecular formula is C14H19N3O2. The number of aromatic nitrogens is 2. The summed E-state index contributed by atoms with van der Waals surface area (Å²) in [6, 6.07) is 6.05. The number of imidazole rings is 1. The summed E-state index contributed by atoms with van der Waals surface area (Å²) in [5.74, 6) is 0.325. The zero-order valence-electron chi connectivity index (χ0n) is 11.3. The number of nitrogen functional groups attached to an aromatic ring is 1. The van der Waals surface area contributed by atoms with E-state index in [9.17, 15) is 4.79 Å². The van der Waals surface area contributed by atoms with Crippen molar-refractivity contribution in [3.63, 3.8) is 0 Å². The summed E-state index contributed by atoms with van der Waals surface area (Å²) >= 11 is 0. The number of anilines is 1. The van der Waals surface area contributed by atoms with E-state index in [4.69, 9.17) is 10.5 Å². The van der Waals surface area contributed by atoms with E-state index < -0.39 is 0 Å². The summed E-state index contributed by atoms with van der Waals surface area (Å²) in [6.45, 7) is 4.93. The molecule has 5 heteroatoms. The second-order valence-corrected chi connectivity index (χ2v) is 4.52. The third kappa shape index (κ3) is 3.05. The lowest BCUT2D eigenvalue weighted by Crippen LogP contribution is -2.08. The van der Waals surface area contributed by atoms with Gasteiger partial charge in [0, 0.05) is 13.0 Å².